The lowest BCUT2D eigenvalue weighted by molar-refractivity contribution is -0.197. The molecular weight excluding hydrogens is 292 g/mol. The van der Waals surface area contributed by atoms with Crippen molar-refractivity contribution < 1.29 is 8.82 Å². The third kappa shape index (κ3) is 3.21. The molecule has 6 heteroatoms. The fourth-order valence-electron chi connectivity index (χ4n) is 2.25. The van der Waals surface area contributed by atoms with E-state index in [1.807, 2.05) is 40.8 Å². The molecule has 0 saturated carbocycles. The molecule has 0 aromatic rings. The van der Waals surface area contributed by atoms with Gasteiger partial charge in [-0.25, -0.2) is 4.39 Å². The zero-order chi connectivity index (χ0) is 14.9. The van der Waals surface area contributed by atoms with Crippen LogP contribution in [0, 0.1) is 11.3 Å². The van der Waals surface area contributed by atoms with Gasteiger partial charge in [-0.05, 0) is 33.1 Å². The van der Waals surface area contributed by atoms with Gasteiger partial charge in [0, 0.05) is 5.41 Å². The van der Waals surface area contributed by atoms with Gasteiger partial charge in [0.05, 0.1) is 0 Å². The fraction of sp³-hybridized carbons (Fsp3) is 1.00. The standard InChI is InChI=1S/C12H26Cl2FNOSi/c1-9(2)10(3,4)11(16(5)6,12(13,14)15)17-18(7)8/h9,18H,1-8H3. The highest BCUT2D eigenvalue weighted by Gasteiger charge is 2.63. The van der Waals surface area contributed by atoms with E-state index in [-0.39, 0.29) is 5.92 Å². The second-order valence-corrected chi connectivity index (χ2v) is 9.65. The number of hydrogen-bond donors (Lipinski definition) is 0. The quantitative estimate of drug-likeness (QED) is 0.416. The lowest BCUT2D eigenvalue weighted by atomic mass is 9.71. The molecule has 0 aliphatic rings. The van der Waals surface area contributed by atoms with Crippen LogP contribution in [0.15, 0.2) is 0 Å². The summed E-state index contributed by atoms with van der Waals surface area (Å²) in [4.78, 5) is 1.67. The Labute approximate surface area is 123 Å². The van der Waals surface area contributed by atoms with Crippen molar-refractivity contribution in [3.8, 4) is 0 Å². The van der Waals surface area contributed by atoms with E-state index in [9.17, 15) is 4.39 Å². The van der Waals surface area contributed by atoms with Gasteiger partial charge in [0.15, 0.2) is 14.8 Å². The molecule has 0 aliphatic carbocycles. The summed E-state index contributed by atoms with van der Waals surface area (Å²) in [5, 5.41) is 0. The number of nitrogens with zero attached hydrogens (tertiary/aromatic N) is 1. The van der Waals surface area contributed by atoms with Gasteiger partial charge in [-0.3, -0.25) is 4.90 Å². The van der Waals surface area contributed by atoms with Crippen LogP contribution < -0.4 is 0 Å². The van der Waals surface area contributed by atoms with Gasteiger partial charge >= 0.3 is 0 Å². The molecular formula is C12H26Cl2FNOSi. The minimum absolute atomic E-state index is 0.153. The molecule has 0 aliphatic heterocycles. The first-order chi connectivity index (χ1) is 7.80. The lowest BCUT2D eigenvalue weighted by Crippen LogP contribution is -2.68. The van der Waals surface area contributed by atoms with Crippen molar-refractivity contribution in [1.29, 1.82) is 0 Å². The largest absolute Gasteiger partial charge is 0.398 e. The van der Waals surface area contributed by atoms with Crippen molar-refractivity contribution in [2.75, 3.05) is 14.1 Å². The van der Waals surface area contributed by atoms with E-state index < -0.39 is 24.8 Å². The van der Waals surface area contributed by atoms with Crippen LogP contribution in [0.5, 0.6) is 0 Å². The SMILES string of the molecule is CC(C)C(C)(C)C(O[SiH](C)C)(N(C)C)C(F)(Cl)Cl. The summed E-state index contributed by atoms with van der Waals surface area (Å²) < 4.78 is 18.1. The Kier molecular flexibility index (Phi) is 6.17. The molecule has 0 aromatic heterocycles. The van der Waals surface area contributed by atoms with Gasteiger partial charge in [0.1, 0.15) is 0 Å². The summed E-state index contributed by atoms with van der Waals surface area (Å²) in [6.07, 6.45) is 0. The molecule has 0 aromatic carbocycles. The average molecular weight is 318 g/mol. The maximum Gasteiger partial charge on any atom is 0.299 e. The van der Waals surface area contributed by atoms with Crippen LogP contribution in [0.25, 0.3) is 0 Å². The highest BCUT2D eigenvalue weighted by atomic mass is 35.5. The highest BCUT2D eigenvalue weighted by Crippen LogP contribution is 2.53. The molecule has 0 radical (unpaired) electrons. The zero-order valence-electron chi connectivity index (χ0n) is 12.6. The Bertz CT molecular complexity index is 280. The third-order valence-corrected chi connectivity index (χ3v) is 5.06. The highest BCUT2D eigenvalue weighted by molar-refractivity contribution is 6.50. The lowest BCUT2D eigenvalue weighted by Gasteiger charge is -2.55. The fourth-order valence-corrected chi connectivity index (χ4v) is 4.67. The number of rotatable bonds is 6. The van der Waals surface area contributed by atoms with Crippen LogP contribution in [0.4, 0.5) is 4.39 Å². The predicted octanol–water partition coefficient (Wildman–Crippen LogP) is 4.03. The first kappa shape index (κ1) is 18.6. The smallest absolute Gasteiger partial charge is 0.299 e. The Morgan fingerprint density at radius 1 is 1.17 bits per heavy atom. The van der Waals surface area contributed by atoms with Crippen LogP contribution >= 0.6 is 23.2 Å². The van der Waals surface area contributed by atoms with Crippen LogP contribution in [0.1, 0.15) is 27.7 Å². The first-order valence-electron chi connectivity index (χ1n) is 6.22. The minimum Gasteiger partial charge on any atom is -0.398 e. The third-order valence-electron chi connectivity index (χ3n) is 3.74. The van der Waals surface area contributed by atoms with E-state index in [1.165, 1.54) is 0 Å². The van der Waals surface area contributed by atoms with Gasteiger partial charge in [0.2, 0.25) is 0 Å². The van der Waals surface area contributed by atoms with Crippen LogP contribution in [0.3, 0.4) is 0 Å². The molecule has 0 amide bonds. The van der Waals surface area contributed by atoms with E-state index in [0.717, 1.165) is 0 Å². The van der Waals surface area contributed by atoms with Gasteiger partial charge < -0.3 is 4.43 Å². The van der Waals surface area contributed by atoms with Crippen LogP contribution in [0.2, 0.25) is 13.1 Å². The van der Waals surface area contributed by atoms with Crippen molar-refractivity contribution in [3.05, 3.63) is 0 Å². The molecule has 2 nitrogen and oxygen atoms in total. The summed E-state index contributed by atoms with van der Waals surface area (Å²) in [6, 6.07) is 0. The van der Waals surface area contributed by atoms with E-state index in [2.05, 4.69) is 0 Å². The van der Waals surface area contributed by atoms with Crippen molar-refractivity contribution >= 4 is 32.2 Å². The first-order valence-corrected chi connectivity index (χ1v) is 9.76. The van der Waals surface area contributed by atoms with Crippen molar-refractivity contribution in [2.24, 2.45) is 11.3 Å². The van der Waals surface area contributed by atoms with Crippen molar-refractivity contribution in [2.45, 2.75) is 51.1 Å². The van der Waals surface area contributed by atoms with E-state index in [4.69, 9.17) is 27.6 Å². The molecule has 0 fully saturated rings. The number of hydrogen-bond acceptors (Lipinski definition) is 2. The Morgan fingerprint density at radius 2 is 1.56 bits per heavy atom. The average Bonchev–Trinajstić information content (AvgIpc) is 2.10. The molecule has 18 heavy (non-hydrogen) atoms. The van der Waals surface area contributed by atoms with Crippen LogP contribution in [-0.2, 0) is 4.43 Å². The molecule has 0 spiro atoms. The van der Waals surface area contributed by atoms with Crippen molar-refractivity contribution in [3.63, 3.8) is 0 Å². The topological polar surface area (TPSA) is 12.5 Å². The summed E-state index contributed by atoms with van der Waals surface area (Å²) in [5.74, 6) is 0.153. The minimum atomic E-state index is -2.48. The monoisotopic (exact) mass is 317 g/mol. The molecule has 0 bridgehead atoms. The summed E-state index contributed by atoms with van der Waals surface area (Å²) >= 11 is 11.8. The summed E-state index contributed by atoms with van der Waals surface area (Å²) in [5.41, 5.74) is -1.91. The molecule has 0 N–H and O–H groups in total. The molecule has 1 atom stereocenters. The number of halogens is 3. The zero-order valence-corrected chi connectivity index (χ0v) is 15.3. The molecule has 110 valence electrons. The molecule has 0 heterocycles. The number of alkyl halides is 3. The predicted molar refractivity (Wildman–Crippen MR) is 80.5 cm³/mol. The van der Waals surface area contributed by atoms with E-state index >= 15 is 0 Å². The summed E-state index contributed by atoms with van der Waals surface area (Å²) in [6.45, 7) is 11.9. The van der Waals surface area contributed by atoms with Gasteiger partial charge in [-0.2, -0.15) is 0 Å². The Hall–Kier alpha value is 0.647. The second kappa shape index (κ2) is 5.96. The van der Waals surface area contributed by atoms with Gasteiger partial charge in [-0.15, -0.1) is 0 Å². The van der Waals surface area contributed by atoms with Gasteiger partial charge in [-0.1, -0.05) is 50.9 Å². The maximum atomic E-state index is 14.6. The second-order valence-electron chi connectivity index (χ2n) is 6.08. The Morgan fingerprint density at radius 3 is 1.72 bits per heavy atom. The van der Waals surface area contributed by atoms with Crippen molar-refractivity contribution in [1.82, 2.24) is 4.90 Å². The van der Waals surface area contributed by atoms with Gasteiger partial charge in [0.25, 0.3) is 4.59 Å². The normalized spacial score (nSPS) is 17.7. The molecule has 0 rings (SSSR count). The molecule has 1 unspecified atom stereocenters. The Balaban J connectivity index is 5.94. The van der Waals surface area contributed by atoms with E-state index in [1.54, 1.807) is 19.0 Å². The maximum absolute atomic E-state index is 14.6. The van der Waals surface area contributed by atoms with E-state index in [0.29, 0.717) is 0 Å². The van der Waals surface area contributed by atoms with Crippen LogP contribution in [-0.4, -0.2) is 38.3 Å². The molecule has 0 saturated heterocycles. The summed E-state index contributed by atoms with van der Waals surface area (Å²) in [7, 11) is 1.96.